The molecule has 0 saturated carbocycles. The number of phenols is 1. The summed E-state index contributed by atoms with van der Waals surface area (Å²) < 4.78 is 0. The highest BCUT2D eigenvalue weighted by molar-refractivity contribution is 5.92. The SMILES string of the molecule is CC[C@H](C)[C@H](NC(=O)[C@H](Cc1ccc(O)cc1)NC(=O)[C@@H]1CCCN1)C(=O)O. The lowest BCUT2D eigenvalue weighted by Crippen LogP contribution is -2.56. The molecule has 5 N–H and O–H groups in total. The van der Waals surface area contributed by atoms with Gasteiger partial charge in [-0.05, 0) is 43.0 Å². The minimum Gasteiger partial charge on any atom is -0.508 e. The highest BCUT2D eigenvalue weighted by Crippen LogP contribution is 2.13. The van der Waals surface area contributed by atoms with Crippen molar-refractivity contribution in [1.29, 1.82) is 0 Å². The van der Waals surface area contributed by atoms with Crippen molar-refractivity contribution in [1.82, 2.24) is 16.0 Å². The van der Waals surface area contributed by atoms with Crippen LogP contribution in [0.4, 0.5) is 0 Å². The second-order valence-electron chi connectivity index (χ2n) is 7.29. The molecule has 154 valence electrons. The number of benzene rings is 1. The molecule has 1 fully saturated rings. The summed E-state index contributed by atoms with van der Waals surface area (Å²) in [6.07, 6.45) is 2.38. The molecule has 4 atom stereocenters. The van der Waals surface area contributed by atoms with E-state index in [1.807, 2.05) is 6.92 Å². The molecule has 2 rings (SSSR count). The normalized spacial score (nSPS) is 19.4. The van der Waals surface area contributed by atoms with Gasteiger partial charge in [0.15, 0.2) is 0 Å². The van der Waals surface area contributed by atoms with Gasteiger partial charge in [0.2, 0.25) is 11.8 Å². The molecule has 0 aliphatic carbocycles. The van der Waals surface area contributed by atoms with Crippen LogP contribution in [0, 0.1) is 5.92 Å². The first-order valence-electron chi connectivity index (χ1n) is 9.66. The maximum Gasteiger partial charge on any atom is 0.326 e. The number of aliphatic carboxylic acids is 1. The van der Waals surface area contributed by atoms with Gasteiger partial charge in [-0.25, -0.2) is 4.79 Å². The third kappa shape index (κ3) is 5.95. The topological polar surface area (TPSA) is 128 Å². The summed E-state index contributed by atoms with van der Waals surface area (Å²) in [6, 6.07) is 4.05. The predicted molar refractivity (Wildman–Crippen MR) is 104 cm³/mol. The number of carbonyl (C=O) groups is 3. The summed E-state index contributed by atoms with van der Waals surface area (Å²) in [5.41, 5.74) is 0.744. The molecule has 1 aliphatic heterocycles. The number of amides is 2. The Morgan fingerprint density at radius 3 is 2.43 bits per heavy atom. The molecule has 0 radical (unpaired) electrons. The van der Waals surface area contributed by atoms with E-state index >= 15 is 0 Å². The summed E-state index contributed by atoms with van der Waals surface area (Å²) in [4.78, 5) is 36.9. The van der Waals surface area contributed by atoms with Crippen molar-refractivity contribution in [3.8, 4) is 5.75 Å². The lowest BCUT2D eigenvalue weighted by Gasteiger charge is -2.25. The Morgan fingerprint density at radius 1 is 1.21 bits per heavy atom. The van der Waals surface area contributed by atoms with Gasteiger partial charge >= 0.3 is 5.97 Å². The molecule has 8 heteroatoms. The fourth-order valence-corrected chi connectivity index (χ4v) is 3.19. The van der Waals surface area contributed by atoms with Crippen LogP contribution in [-0.2, 0) is 20.8 Å². The van der Waals surface area contributed by atoms with Crippen molar-refractivity contribution in [2.24, 2.45) is 5.92 Å². The van der Waals surface area contributed by atoms with Gasteiger partial charge in [0.1, 0.15) is 17.8 Å². The van der Waals surface area contributed by atoms with Crippen molar-refractivity contribution in [3.63, 3.8) is 0 Å². The Labute approximate surface area is 164 Å². The van der Waals surface area contributed by atoms with E-state index in [1.165, 1.54) is 12.1 Å². The second kappa shape index (κ2) is 10.1. The van der Waals surface area contributed by atoms with Crippen LogP contribution in [0.5, 0.6) is 5.75 Å². The Morgan fingerprint density at radius 2 is 1.89 bits per heavy atom. The monoisotopic (exact) mass is 391 g/mol. The van der Waals surface area contributed by atoms with Gasteiger partial charge in [-0.3, -0.25) is 9.59 Å². The van der Waals surface area contributed by atoms with Crippen LogP contribution < -0.4 is 16.0 Å². The Balaban J connectivity index is 2.14. The zero-order valence-corrected chi connectivity index (χ0v) is 16.3. The molecule has 1 aliphatic rings. The summed E-state index contributed by atoms with van der Waals surface area (Å²) in [6.45, 7) is 4.37. The molecule has 0 spiro atoms. The molecule has 0 aromatic heterocycles. The van der Waals surface area contributed by atoms with E-state index in [4.69, 9.17) is 0 Å². The largest absolute Gasteiger partial charge is 0.508 e. The molecule has 1 aromatic rings. The van der Waals surface area contributed by atoms with Crippen LogP contribution in [0.2, 0.25) is 0 Å². The molecule has 2 amide bonds. The maximum absolute atomic E-state index is 12.8. The van der Waals surface area contributed by atoms with Crippen molar-refractivity contribution in [2.75, 3.05) is 6.54 Å². The average molecular weight is 391 g/mol. The van der Waals surface area contributed by atoms with Gasteiger partial charge in [-0.1, -0.05) is 32.4 Å². The number of hydrogen-bond donors (Lipinski definition) is 5. The molecular formula is C20H29N3O5. The van der Waals surface area contributed by atoms with Crippen LogP contribution in [0.3, 0.4) is 0 Å². The number of carboxylic acids is 1. The van der Waals surface area contributed by atoms with Crippen molar-refractivity contribution >= 4 is 17.8 Å². The first-order valence-corrected chi connectivity index (χ1v) is 9.66. The van der Waals surface area contributed by atoms with E-state index in [0.717, 1.165) is 18.5 Å². The maximum atomic E-state index is 12.8. The Bertz CT molecular complexity index is 686. The van der Waals surface area contributed by atoms with E-state index in [9.17, 15) is 24.6 Å². The molecule has 0 unspecified atom stereocenters. The molecule has 28 heavy (non-hydrogen) atoms. The molecule has 0 bridgehead atoms. The highest BCUT2D eigenvalue weighted by Gasteiger charge is 2.31. The van der Waals surface area contributed by atoms with E-state index in [0.29, 0.717) is 12.8 Å². The standard InChI is InChI=1S/C20H29N3O5/c1-3-12(2)17(20(27)28)23-19(26)16(11-13-6-8-14(24)9-7-13)22-18(25)15-5-4-10-21-15/h6-9,12,15-17,21,24H,3-5,10-11H2,1-2H3,(H,22,25)(H,23,26)(H,27,28)/t12-,15-,16-,17-/m0/s1. The average Bonchev–Trinajstić information content (AvgIpc) is 3.21. The van der Waals surface area contributed by atoms with Gasteiger partial charge in [0.25, 0.3) is 0 Å². The van der Waals surface area contributed by atoms with Crippen LogP contribution in [0.15, 0.2) is 24.3 Å². The third-order valence-corrected chi connectivity index (χ3v) is 5.16. The fourth-order valence-electron chi connectivity index (χ4n) is 3.19. The smallest absolute Gasteiger partial charge is 0.326 e. The first kappa shape index (κ1) is 21.7. The van der Waals surface area contributed by atoms with Crippen molar-refractivity contribution < 1.29 is 24.6 Å². The molecule has 1 saturated heterocycles. The number of nitrogens with one attached hydrogen (secondary N) is 3. The third-order valence-electron chi connectivity index (χ3n) is 5.16. The van der Waals surface area contributed by atoms with Crippen LogP contribution in [0.1, 0.15) is 38.7 Å². The van der Waals surface area contributed by atoms with E-state index < -0.39 is 24.0 Å². The van der Waals surface area contributed by atoms with E-state index in [2.05, 4.69) is 16.0 Å². The second-order valence-corrected chi connectivity index (χ2v) is 7.29. The molecular weight excluding hydrogens is 362 g/mol. The zero-order valence-electron chi connectivity index (χ0n) is 16.3. The number of carbonyl (C=O) groups excluding carboxylic acids is 2. The van der Waals surface area contributed by atoms with Gasteiger partial charge in [0.05, 0.1) is 6.04 Å². The minimum atomic E-state index is -1.10. The lowest BCUT2D eigenvalue weighted by atomic mass is 9.98. The van der Waals surface area contributed by atoms with Gasteiger partial charge < -0.3 is 26.2 Å². The van der Waals surface area contributed by atoms with Crippen molar-refractivity contribution in [2.45, 2.75) is 57.7 Å². The first-order chi connectivity index (χ1) is 13.3. The quantitative estimate of drug-likeness (QED) is 0.423. The molecule has 1 heterocycles. The van der Waals surface area contributed by atoms with Gasteiger partial charge in [-0.15, -0.1) is 0 Å². The number of rotatable bonds is 9. The fraction of sp³-hybridized carbons (Fsp3) is 0.550. The zero-order chi connectivity index (χ0) is 20.7. The summed E-state index contributed by atoms with van der Waals surface area (Å²) >= 11 is 0. The van der Waals surface area contributed by atoms with Gasteiger partial charge in [-0.2, -0.15) is 0 Å². The van der Waals surface area contributed by atoms with Gasteiger partial charge in [0, 0.05) is 6.42 Å². The summed E-state index contributed by atoms with van der Waals surface area (Å²) in [5.74, 6) is -2.05. The predicted octanol–water partition coefficient (Wildman–Crippen LogP) is 0.787. The molecule has 8 nitrogen and oxygen atoms in total. The number of carboxylic acid groups (broad SMARTS) is 1. The van der Waals surface area contributed by atoms with Crippen molar-refractivity contribution in [3.05, 3.63) is 29.8 Å². The number of aromatic hydroxyl groups is 1. The van der Waals surface area contributed by atoms with E-state index in [1.54, 1.807) is 19.1 Å². The van der Waals surface area contributed by atoms with Crippen LogP contribution in [-0.4, -0.2) is 52.7 Å². The Hall–Kier alpha value is -2.61. The minimum absolute atomic E-state index is 0.103. The summed E-state index contributed by atoms with van der Waals surface area (Å²) in [7, 11) is 0. The molecule has 1 aromatic carbocycles. The number of hydrogen-bond acceptors (Lipinski definition) is 5. The van der Waals surface area contributed by atoms with E-state index in [-0.39, 0.29) is 30.0 Å². The number of phenolic OH excluding ortho intramolecular Hbond substituents is 1. The lowest BCUT2D eigenvalue weighted by molar-refractivity contribution is -0.143. The Kier molecular flexibility index (Phi) is 7.80. The van der Waals surface area contributed by atoms with Crippen LogP contribution in [0.25, 0.3) is 0 Å². The highest BCUT2D eigenvalue weighted by atomic mass is 16.4. The summed E-state index contributed by atoms with van der Waals surface area (Å²) in [5, 5.41) is 27.3. The van der Waals surface area contributed by atoms with Crippen LogP contribution >= 0.6 is 0 Å².